The van der Waals surface area contributed by atoms with Crippen LogP contribution in [0.2, 0.25) is 0 Å². The number of unbranched alkanes of at least 4 members (excludes halogenated alkanes) is 8. The van der Waals surface area contributed by atoms with Crippen molar-refractivity contribution in [2.45, 2.75) is 117 Å². The standard InChI is InChI=1S/C30H49N3O4/c1-4-5-6-7-8-9-10-11-12-16-28(34)33-27(24-25(2)3)30(36)32-20-13-17-29(35)37-23-14-15-26-18-21-31-22-19-26/h18-19,21-22,24,27H,4-17,20,23H2,1-3H3,(H,32,36)(H,33,34). The lowest BCUT2D eigenvalue weighted by Crippen LogP contribution is -2.46. The van der Waals surface area contributed by atoms with Gasteiger partial charge in [0.25, 0.3) is 0 Å². The van der Waals surface area contributed by atoms with Gasteiger partial charge in [-0.25, -0.2) is 0 Å². The average Bonchev–Trinajstić information content (AvgIpc) is 2.88. The Morgan fingerprint density at radius 3 is 2.19 bits per heavy atom. The molecule has 0 radical (unpaired) electrons. The molecule has 0 saturated carbocycles. The van der Waals surface area contributed by atoms with Gasteiger partial charge in [-0.05, 0) is 57.2 Å². The molecule has 37 heavy (non-hydrogen) atoms. The maximum Gasteiger partial charge on any atom is 0.305 e. The smallest absolute Gasteiger partial charge is 0.305 e. The van der Waals surface area contributed by atoms with Crippen LogP contribution in [0.25, 0.3) is 0 Å². The van der Waals surface area contributed by atoms with Crippen LogP contribution in [-0.2, 0) is 25.5 Å². The number of carbonyl (C=O) groups excluding carboxylic acids is 3. The van der Waals surface area contributed by atoms with E-state index < -0.39 is 6.04 Å². The van der Waals surface area contributed by atoms with E-state index in [-0.39, 0.29) is 24.2 Å². The SMILES string of the molecule is CCCCCCCCCCCC(=O)NC(C=C(C)C)C(=O)NCCCC(=O)OCCCc1ccncc1. The Balaban J connectivity index is 2.19. The quantitative estimate of drug-likeness (QED) is 0.122. The number of pyridine rings is 1. The second kappa shape index (κ2) is 21.4. The summed E-state index contributed by atoms with van der Waals surface area (Å²) in [4.78, 5) is 41.0. The van der Waals surface area contributed by atoms with Crippen molar-refractivity contribution in [1.82, 2.24) is 15.6 Å². The lowest BCUT2D eigenvalue weighted by molar-refractivity contribution is -0.144. The number of hydrogen-bond acceptors (Lipinski definition) is 5. The summed E-state index contributed by atoms with van der Waals surface area (Å²) in [6.07, 6.45) is 18.8. The number of esters is 1. The molecule has 0 aromatic carbocycles. The molecule has 1 atom stereocenters. The van der Waals surface area contributed by atoms with E-state index in [1.54, 1.807) is 18.5 Å². The Kier molecular flexibility index (Phi) is 18.7. The third-order valence-electron chi connectivity index (χ3n) is 6.09. The number of rotatable bonds is 21. The van der Waals surface area contributed by atoms with E-state index in [0.29, 0.717) is 26.0 Å². The predicted molar refractivity (Wildman–Crippen MR) is 149 cm³/mol. The normalized spacial score (nSPS) is 11.4. The Morgan fingerprint density at radius 2 is 1.54 bits per heavy atom. The minimum atomic E-state index is -0.698. The molecule has 208 valence electrons. The minimum Gasteiger partial charge on any atom is -0.466 e. The Bertz CT molecular complexity index is 791. The molecule has 0 aliphatic carbocycles. The van der Waals surface area contributed by atoms with Crippen LogP contribution in [0.4, 0.5) is 0 Å². The molecule has 1 unspecified atom stereocenters. The van der Waals surface area contributed by atoms with Crippen molar-refractivity contribution < 1.29 is 19.1 Å². The van der Waals surface area contributed by atoms with E-state index in [4.69, 9.17) is 4.74 Å². The molecule has 0 fully saturated rings. The number of nitrogens with zero attached hydrogens (tertiary/aromatic N) is 1. The first-order valence-electron chi connectivity index (χ1n) is 14.2. The second-order valence-corrected chi connectivity index (χ2v) is 9.94. The summed E-state index contributed by atoms with van der Waals surface area (Å²) in [5, 5.41) is 5.68. The summed E-state index contributed by atoms with van der Waals surface area (Å²) in [5.41, 5.74) is 2.12. The largest absolute Gasteiger partial charge is 0.466 e. The summed E-state index contributed by atoms with van der Waals surface area (Å²) in [7, 11) is 0. The maximum atomic E-state index is 12.6. The first kappa shape index (κ1) is 32.3. The van der Waals surface area contributed by atoms with E-state index in [1.165, 1.54) is 44.1 Å². The molecule has 0 saturated heterocycles. The highest BCUT2D eigenvalue weighted by atomic mass is 16.5. The van der Waals surface area contributed by atoms with Crippen molar-refractivity contribution in [3.63, 3.8) is 0 Å². The molecular formula is C30H49N3O4. The number of aromatic nitrogens is 1. The van der Waals surface area contributed by atoms with Gasteiger partial charge in [0.15, 0.2) is 0 Å². The van der Waals surface area contributed by atoms with Crippen molar-refractivity contribution in [2.75, 3.05) is 13.2 Å². The van der Waals surface area contributed by atoms with Crippen LogP contribution in [0, 0.1) is 0 Å². The molecule has 2 N–H and O–H groups in total. The Morgan fingerprint density at radius 1 is 0.892 bits per heavy atom. The zero-order chi connectivity index (χ0) is 27.1. The third kappa shape index (κ3) is 18.2. The first-order valence-corrected chi connectivity index (χ1v) is 14.2. The molecule has 0 spiro atoms. The molecule has 7 heteroatoms. The summed E-state index contributed by atoms with van der Waals surface area (Å²) in [6.45, 7) is 6.76. The average molecular weight is 516 g/mol. The molecule has 1 rings (SSSR count). The van der Waals surface area contributed by atoms with E-state index in [0.717, 1.165) is 37.7 Å². The number of nitrogens with one attached hydrogen (secondary N) is 2. The van der Waals surface area contributed by atoms with Gasteiger partial charge in [-0.3, -0.25) is 19.4 Å². The minimum absolute atomic E-state index is 0.101. The van der Waals surface area contributed by atoms with Gasteiger partial charge in [-0.15, -0.1) is 0 Å². The summed E-state index contributed by atoms with van der Waals surface area (Å²) in [5.74, 6) is -0.623. The van der Waals surface area contributed by atoms with Crippen molar-refractivity contribution >= 4 is 17.8 Å². The molecular weight excluding hydrogens is 466 g/mol. The van der Waals surface area contributed by atoms with Crippen LogP contribution in [0.1, 0.15) is 110 Å². The third-order valence-corrected chi connectivity index (χ3v) is 6.09. The lowest BCUT2D eigenvalue weighted by atomic mass is 10.1. The molecule has 1 aromatic heterocycles. The molecule has 0 aliphatic rings. The van der Waals surface area contributed by atoms with Crippen LogP contribution >= 0.6 is 0 Å². The molecule has 0 aliphatic heterocycles. The van der Waals surface area contributed by atoms with Gasteiger partial charge < -0.3 is 15.4 Å². The first-order chi connectivity index (χ1) is 17.9. The summed E-state index contributed by atoms with van der Waals surface area (Å²) >= 11 is 0. The fraction of sp³-hybridized carbons (Fsp3) is 0.667. The van der Waals surface area contributed by atoms with Gasteiger partial charge >= 0.3 is 5.97 Å². The number of aryl methyl sites for hydroxylation is 1. The van der Waals surface area contributed by atoms with E-state index in [2.05, 4.69) is 22.5 Å². The highest BCUT2D eigenvalue weighted by Gasteiger charge is 2.18. The van der Waals surface area contributed by atoms with Gasteiger partial charge in [0, 0.05) is 31.8 Å². The van der Waals surface area contributed by atoms with E-state index >= 15 is 0 Å². The molecule has 2 amide bonds. The van der Waals surface area contributed by atoms with Gasteiger partial charge in [-0.2, -0.15) is 0 Å². The van der Waals surface area contributed by atoms with Crippen molar-refractivity contribution in [2.24, 2.45) is 0 Å². The topological polar surface area (TPSA) is 97.4 Å². The highest BCUT2D eigenvalue weighted by Crippen LogP contribution is 2.10. The van der Waals surface area contributed by atoms with Crippen molar-refractivity contribution in [1.29, 1.82) is 0 Å². The molecule has 0 bridgehead atoms. The van der Waals surface area contributed by atoms with Gasteiger partial charge in [0.05, 0.1) is 6.61 Å². The van der Waals surface area contributed by atoms with Crippen molar-refractivity contribution in [3.8, 4) is 0 Å². The van der Waals surface area contributed by atoms with Crippen LogP contribution < -0.4 is 10.6 Å². The number of hydrogen-bond donors (Lipinski definition) is 2. The fourth-order valence-corrected chi connectivity index (χ4v) is 4.00. The number of carbonyl (C=O) groups is 3. The predicted octanol–water partition coefficient (Wildman–Crippen LogP) is 5.83. The lowest BCUT2D eigenvalue weighted by Gasteiger charge is -2.16. The van der Waals surface area contributed by atoms with Gasteiger partial charge in [0.1, 0.15) is 6.04 Å². The molecule has 7 nitrogen and oxygen atoms in total. The number of ether oxygens (including phenoxy) is 1. The Labute approximate surface area is 224 Å². The van der Waals surface area contributed by atoms with Crippen LogP contribution in [0.3, 0.4) is 0 Å². The zero-order valence-electron chi connectivity index (χ0n) is 23.4. The second-order valence-electron chi connectivity index (χ2n) is 9.94. The fourth-order valence-electron chi connectivity index (χ4n) is 4.00. The monoisotopic (exact) mass is 515 g/mol. The summed E-state index contributed by atoms with van der Waals surface area (Å²) < 4.78 is 5.27. The van der Waals surface area contributed by atoms with Crippen LogP contribution in [0.15, 0.2) is 36.2 Å². The van der Waals surface area contributed by atoms with Gasteiger partial charge in [-0.1, -0.05) is 69.9 Å². The maximum absolute atomic E-state index is 12.6. The van der Waals surface area contributed by atoms with Gasteiger partial charge in [0.2, 0.25) is 11.8 Å². The molecule has 1 heterocycles. The molecule has 1 aromatic rings. The highest BCUT2D eigenvalue weighted by molar-refractivity contribution is 5.89. The van der Waals surface area contributed by atoms with E-state index in [9.17, 15) is 14.4 Å². The van der Waals surface area contributed by atoms with E-state index in [1.807, 2.05) is 26.0 Å². The Hall–Kier alpha value is -2.70. The summed E-state index contributed by atoms with van der Waals surface area (Å²) in [6, 6.07) is 3.20. The zero-order valence-corrected chi connectivity index (χ0v) is 23.4. The number of amides is 2. The van der Waals surface area contributed by atoms with Crippen LogP contribution in [-0.4, -0.2) is 42.0 Å². The van der Waals surface area contributed by atoms with Crippen molar-refractivity contribution in [3.05, 3.63) is 41.7 Å². The number of allylic oxidation sites excluding steroid dienone is 1. The van der Waals surface area contributed by atoms with Crippen LogP contribution in [0.5, 0.6) is 0 Å².